The van der Waals surface area contributed by atoms with Crippen LogP contribution in [-0.2, 0) is 4.79 Å². The fraction of sp³-hybridized carbons (Fsp3) is 0.0714. The molecule has 0 radical (unpaired) electrons. The molecular formula is C14H12N6OS. The Morgan fingerprint density at radius 1 is 1.18 bits per heavy atom. The summed E-state index contributed by atoms with van der Waals surface area (Å²) in [5.74, 6) is 0.0721. The van der Waals surface area contributed by atoms with Gasteiger partial charge in [-0.15, -0.1) is 5.10 Å². The number of amides is 1. The van der Waals surface area contributed by atoms with E-state index in [1.54, 1.807) is 29.2 Å². The summed E-state index contributed by atoms with van der Waals surface area (Å²) in [5, 5.41) is 14.9. The van der Waals surface area contributed by atoms with Crippen molar-refractivity contribution in [3.8, 4) is 5.69 Å². The van der Waals surface area contributed by atoms with E-state index < -0.39 is 0 Å². The molecule has 0 spiro atoms. The largest absolute Gasteiger partial charge is 0.324 e. The lowest BCUT2D eigenvalue weighted by molar-refractivity contribution is -0.113. The molecule has 0 saturated carbocycles. The van der Waals surface area contributed by atoms with Crippen LogP contribution < -0.4 is 5.32 Å². The first-order valence-electron chi connectivity index (χ1n) is 6.49. The molecule has 0 aliphatic carbocycles. The zero-order valence-corrected chi connectivity index (χ0v) is 12.3. The van der Waals surface area contributed by atoms with Crippen molar-refractivity contribution in [2.24, 2.45) is 0 Å². The molecule has 0 atom stereocenters. The summed E-state index contributed by atoms with van der Waals surface area (Å²) in [6.45, 7) is 0. The first-order valence-corrected chi connectivity index (χ1v) is 7.48. The summed E-state index contributed by atoms with van der Waals surface area (Å²) in [5.41, 5.74) is 1.51. The predicted molar refractivity (Wildman–Crippen MR) is 82.7 cm³/mol. The second-order valence-corrected chi connectivity index (χ2v) is 5.23. The average Bonchev–Trinajstić information content (AvgIpc) is 3.03. The van der Waals surface area contributed by atoms with Crippen LogP contribution in [0.15, 0.2) is 60.0 Å². The summed E-state index contributed by atoms with van der Waals surface area (Å²) < 4.78 is 1.60. The molecule has 0 bridgehead atoms. The molecule has 3 aromatic rings. The fourth-order valence-corrected chi connectivity index (χ4v) is 2.45. The molecule has 1 amide bonds. The van der Waals surface area contributed by atoms with Crippen molar-refractivity contribution in [1.29, 1.82) is 0 Å². The Bertz CT molecular complexity index is 746. The Hall–Kier alpha value is -2.74. The summed E-state index contributed by atoms with van der Waals surface area (Å²) in [4.78, 5) is 15.9. The number of hydrogen-bond acceptors (Lipinski definition) is 6. The average molecular weight is 312 g/mol. The summed E-state index contributed by atoms with van der Waals surface area (Å²) in [7, 11) is 0. The topological polar surface area (TPSA) is 85.6 Å². The standard InChI is InChI=1S/C14H12N6OS/c21-13(16-11-5-4-8-15-9-11)10-22-14-17-18-19-20(14)12-6-2-1-3-7-12/h1-9H,10H2,(H,16,21). The minimum Gasteiger partial charge on any atom is -0.324 e. The third-order valence-corrected chi connectivity index (χ3v) is 3.64. The third-order valence-electron chi connectivity index (χ3n) is 2.72. The van der Waals surface area contributed by atoms with Gasteiger partial charge in [-0.2, -0.15) is 4.68 Å². The van der Waals surface area contributed by atoms with Crippen LogP contribution in [0.1, 0.15) is 0 Å². The van der Waals surface area contributed by atoms with Crippen molar-refractivity contribution < 1.29 is 4.79 Å². The summed E-state index contributed by atoms with van der Waals surface area (Å²) in [6.07, 6.45) is 3.25. The van der Waals surface area contributed by atoms with Crippen LogP contribution in [0.3, 0.4) is 0 Å². The molecule has 1 aromatic carbocycles. The van der Waals surface area contributed by atoms with Gasteiger partial charge in [0.05, 0.1) is 23.3 Å². The Kier molecular flexibility index (Phi) is 4.40. The Morgan fingerprint density at radius 3 is 2.82 bits per heavy atom. The number of aromatic nitrogens is 5. The van der Waals surface area contributed by atoms with E-state index in [2.05, 4.69) is 25.8 Å². The van der Waals surface area contributed by atoms with E-state index in [0.717, 1.165) is 5.69 Å². The quantitative estimate of drug-likeness (QED) is 0.723. The molecule has 0 unspecified atom stereocenters. The Morgan fingerprint density at radius 2 is 2.05 bits per heavy atom. The molecule has 1 N–H and O–H groups in total. The van der Waals surface area contributed by atoms with Gasteiger partial charge in [0.1, 0.15) is 0 Å². The molecular weight excluding hydrogens is 300 g/mol. The third kappa shape index (κ3) is 3.47. The van der Waals surface area contributed by atoms with Gasteiger partial charge in [0, 0.05) is 6.20 Å². The second-order valence-electron chi connectivity index (χ2n) is 4.29. The maximum Gasteiger partial charge on any atom is 0.234 e. The summed E-state index contributed by atoms with van der Waals surface area (Å²) >= 11 is 1.27. The van der Waals surface area contributed by atoms with Crippen LogP contribution in [-0.4, -0.2) is 36.9 Å². The first kappa shape index (κ1) is 14.2. The van der Waals surface area contributed by atoms with Gasteiger partial charge in [0.2, 0.25) is 11.1 Å². The van der Waals surface area contributed by atoms with E-state index in [1.165, 1.54) is 11.8 Å². The number of rotatable bonds is 5. The second kappa shape index (κ2) is 6.81. The number of benzene rings is 1. The highest BCUT2D eigenvalue weighted by Gasteiger charge is 2.11. The van der Waals surface area contributed by atoms with Crippen molar-refractivity contribution in [1.82, 2.24) is 25.2 Å². The van der Waals surface area contributed by atoms with Crippen molar-refractivity contribution in [3.63, 3.8) is 0 Å². The van der Waals surface area contributed by atoms with Crippen molar-refractivity contribution in [2.45, 2.75) is 5.16 Å². The molecule has 2 aromatic heterocycles. The monoisotopic (exact) mass is 312 g/mol. The molecule has 8 heteroatoms. The minimum atomic E-state index is -0.138. The van der Waals surface area contributed by atoms with Gasteiger partial charge in [-0.3, -0.25) is 9.78 Å². The zero-order valence-electron chi connectivity index (χ0n) is 11.5. The number of hydrogen-bond donors (Lipinski definition) is 1. The van der Waals surface area contributed by atoms with Gasteiger partial charge in [-0.1, -0.05) is 30.0 Å². The molecule has 0 saturated heterocycles. The number of carbonyl (C=O) groups is 1. The molecule has 0 aliphatic rings. The molecule has 2 heterocycles. The maximum atomic E-state index is 11.9. The molecule has 22 heavy (non-hydrogen) atoms. The maximum absolute atomic E-state index is 11.9. The van der Waals surface area contributed by atoms with Gasteiger partial charge in [0.15, 0.2) is 0 Å². The van der Waals surface area contributed by atoms with Crippen LogP contribution >= 0.6 is 11.8 Å². The normalized spacial score (nSPS) is 10.4. The number of tetrazole rings is 1. The molecule has 7 nitrogen and oxygen atoms in total. The highest BCUT2D eigenvalue weighted by Crippen LogP contribution is 2.18. The van der Waals surface area contributed by atoms with Crippen LogP contribution in [0.5, 0.6) is 0 Å². The molecule has 3 rings (SSSR count). The van der Waals surface area contributed by atoms with E-state index >= 15 is 0 Å². The smallest absolute Gasteiger partial charge is 0.234 e. The van der Waals surface area contributed by atoms with Crippen LogP contribution in [0.4, 0.5) is 5.69 Å². The Labute approximate surface area is 130 Å². The molecule has 110 valence electrons. The van der Waals surface area contributed by atoms with Crippen molar-refractivity contribution in [2.75, 3.05) is 11.1 Å². The van der Waals surface area contributed by atoms with Crippen molar-refractivity contribution in [3.05, 3.63) is 54.9 Å². The number of nitrogens with zero attached hydrogens (tertiary/aromatic N) is 5. The number of carbonyl (C=O) groups excluding carboxylic acids is 1. The van der Waals surface area contributed by atoms with Gasteiger partial charge in [0.25, 0.3) is 0 Å². The predicted octanol–water partition coefficient (Wildman–Crippen LogP) is 1.79. The van der Waals surface area contributed by atoms with Crippen LogP contribution in [0.25, 0.3) is 5.69 Å². The summed E-state index contributed by atoms with van der Waals surface area (Å²) in [6, 6.07) is 13.1. The number of nitrogens with one attached hydrogen (secondary N) is 1. The Balaban J connectivity index is 1.63. The van der Waals surface area contributed by atoms with Gasteiger partial charge >= 0.3 is 0 Å². The van der Waals surface area contributed by atoms with Crippen LogP contribution in [0, 0.1) is 0 Å². The molecule has 0 fully saturated rings. The lowest BCUT2D eigenvalue weighted by Gasteiger charge is -2.05. The fourth-order valence-electron chi connectivity index (χ4n) is 1.76. The van der Waals surface area contributed by atoms with E-state index in [0.29, 0.717) is 10.8 Å². The highest BCUT2D eigenvalue weighted by molar-refractivity contribution is 7.99. The van der Waals surface area contributed by atoms with E-state index in [1.807, 2.05) is 30.3 Å². The highest BCUT2D eigenvalue weighted by atomic mass is 32.2. The number of para-hydroxylation sites is 1. The zero-order chi connectivity index (χ0) is 15.2. The lowest BCUT2D eigenvalue weighted by Crippen LogP contribution is -2.14. The van der Waals surface area contributed by atoms with Gasteiger partial charge in [-0.05, 0) is 34.7 Å². The van der Waals surface area contributed by atoms with Gasteiger partial charge < -0.3 is 5.32 Å². The number of anilines is 1. The number of pyridine rings is 1. The molecule has 0 aliphatic heterocycles. The lowest BCUT2D eigenvalue weighted by atomic mass is 10.3. The van der Waals surface area contributed by atoms with Gasteiger partial charge in [-0.25, -0.2) is 0 Å². The SMILES string of the molecule is O=C(CSc1nnnn1-c1ccccc1)Nc1cccnc1. The minimum absolute atomic E-state index is 0.138. The first-order chi connectivity index (χ1) is 10.8. The van der Waals surface area contributed by atoms with E-state index in [-0.39, 0.29) is 11.7 Å². The van der Waals surface area contributed by atoms with E-state index in [9.17, 15) is 4.79 Å². The van der Waals surface area contributed by atoms with Crippen molar-refractivity contribution >= 4 is 23.4 Å². The van der Waals surface area contributed by atoms with Crippen LogP contribution in [0.2, 0.25) is 0 Å². The van der Waals surface area contributed by atoms with E-state index in [4.69, 9.17) is 0 Å². The number of thioether (sulfide) groups is 1.